The summed E-state index contributed by atoms with van der Waals surface area (Å²) >= 11 is 0. The van der Waals surface area contributed by atoms with E-state index in [2.05, 4.69) is 4.74 Å². The van der Waals surface area contributed by atoms with Crippen LogP contribution >= 0.6 is 0 Å². The number of fused-ring (bicyclic) bond motifs is 2. The summed E-state index contributed by atoms with van der Waals surface area (Å²) in [5, 5.41) is 8.57. The van der Waals surface area contributed by atoms with Crippen LogP contribution < -0.4 is 18.9 Å². The molecule has 2 aromatic rings. The molecule has 0 aromatic heterocycles. The van der Waals surface area contributed by atoms with Crippen LogP contribution in [0.25, 0.3) is 0 Å². The fourth-order valence-electron chi connectivity index (χ4n) is 2.29. The molecule has 0 unspecified atom stereocenters. The summed E-state index contributed by atoms with van der Waals surface area (Å²) in [5.41, 5.74) is 1.23. The summed E-state index contributed by atoms with van der Waals surface area (Å²) in [6.07, 6.45) is -0.00419. The van der Waals surface area contributed by atoms with Crippen molar-refractivity contribution in [1.29, 1.82) is 0 Å². The fourth-order valence-corrected chi connectivity index (χ4v) is 2.29. The zero-order valence-electron chi connectivity index (χ0n) is 18.2. The van der Waals surface area contributed by atoms with E-state index in [0.717, 1.165) is 0 Å². The molecule has 0 fully saturated rings. The van der Waals surface area contributed by atoms with Gasteiger partial charge >= 0.3 is 11.9 Å². The van der Waals surface area contributed by atoms with Gasteiger partial charge in [-0.25, -0.2) is 0 Å². The molecule has 2 aliphatic rings. The lowest BCUT2D eigenvalue weighted by Gasteiger charge is -2.01. The van der Waals surface area contributed by atoms with Crippen LogP contribution in [0.2, 0.25) is 0 Å². The Kier molecular flexibility index (Phi) is 4.23. The molecular weight excluding hydrogens is 356 g/mol. The van der Waals surface area contributed by atoms with E-state index in [9.17, 15) is 9.59 Å². The molecule has 0 atom stereocenters. The van der Waals surface area contributed by atoms with Crippen molar-refractivity contribution in [2.45, 2.75) is 12.8 Å². The number of carbonyl (C=O) groups is 2. The topological polar surface area (TPSA) is 101 Å². The van der Waals surface area contributed by atoms with E-state index in [-0.39, 0.29) is 30.3 Å². The molecule has 142 valence electrons. The van der Waals surface area contributed by atoms with Gasteiger partial charge in [0.05, 0.1) is 20.0 Å². The molecule has 0 saturated heterocycles. The largest absolute Gasteiger partial charge is 0.481 e. The number of benzene rings is 2. The van der Waals surface area contributed by atoms with E-state index in [4.69, 9.17) is 29.5 Å². The molecule has 0 spiro atoms. The number of carboxylic acids is 1. The Hall–Kier alpha value is -3.42. The van der Waals surface area contributed by atoms with Crippen molar-refractivity contribution in [3.05, 3.63) is 47.5 Å². The highest BCUT2D eigenvalue weighted by atomic mass is 16.7. The number of aliphatic carboxylic acids is 1. The molecule has 0 bridgehead atoms. The lowest BCUT2D eigenvalue weighted by molar-refractivity contribution is -0.140. The quantitative estimate of drug-likeness (QED) is 0.808. The smallest absolute Gasteiger partial charge is 0.309 e. The van der Waals surface area contributed by atoms with Gasteiger partial charge in [0, 0.05) is 0 Å². The van der Waals surface area contributed by atoms with Crippen molar-refractivity contribution < 1.29 is 43.9 Å². The number of methoxy groups -OCH3 is 1. The number of ether oxygens (including phenoxy) is 5. The third-order valence-electron chi connectivity index (χ3n) is 3.55. The van der Waals surface area contributed by atoms with Gasteiger partial charge in [0.15, 0.2) is 23.0 Å². The maximum Gasteiger partial charge on any atom is 0.309 e. The lowest BCUT2D eigenvalue weighted by atomic mass is 10.1. The molecule has 8 nitrogen and oxygen atoms in total. The van der Waals surface area contributed by atoms with Crippen molar-refractivity contribution >= 4 is 11.9 Å². The summed E-state index contributed by atoms with van der Waals surface area (Å²) in [4.78, 5) is 21.5. The van der Waals surface area contributed by atoms with Crippen LogP contribution in [0.3, 0.4) is 0 Å². The Bertz CT molecular complexity index is 1010. The van der Waals surface area contributed by atoms with E-state index >= 15 is 0 Å². The summed E-state index contributed by atoms with van der Waals surface area (Å²) < 4.78 is 52.8. The molecule has 8 heteroatoms. The van der Waals surface area contributed by atoms with Crippen molar-refractivity contribution in [3.8, 4) is 23.0 Å². The third kappa shape index (κ3) is 4.81. The first-order chi connectivity index (χ1) is 14.5. The van der Waals surface area contributed by atoms with Crippen LogP contribution in [0.1, 0.15) is 16.6 Å². The van der Waals surface area contributed by atoms with Crippen molar-refractivity contribution in [2.75, 3.05) is 20.6 Å². The van der Waals surface area contributed by atoms with Crippen molar-refractivity contribution in [1.82, 2.24) is 0 Å². The van der Waals surface area contributed by atoms with Crippen molar-refractivity contribution in [2.24, 2.45) is 0 Å². The zero-order valence-corrected chi connectivity index (χ0v) is 14.2. The highest BCUT2D eigenvalue weighted by molar-refractivity contribution is 5.72. The van der Waals surface area contributed by atoms with Crippen LogP contribution in [0.4, 0.5) is 0 Å². The monoisotopic (exact) mass is 378 g/mol. The minimum absolute atomic E-state index is 0.121. The van der Waals surface area contributed by atoms with Crippen LogP contribution in [-0.4, -0.2) is 37.6 Å². The molecule has 27 heavy (non-hydrogen) atoms. The Morgan fingerprint density at radius 2 is 1.41 bits per heavy atom. The summed E-state index contributed by atoms with van der Waals surface area (Å²) in [5.74, 6) is -0.156. The van der Waals surface area contributed by atoms with Crippen LogP contribution in [-0.2, 0) is 27.2 Å². The highest BCUT2D eigenvalue weighted by Crippen LogP contribution is 2.33. The van der Waals surface area contributed by atoms with Gasteiger partial charge in [0.1, 0.15) is 5.48 Å². The number of esters is 1. The molecule has 0 radical (unpaired) electrons. The highest BCUT2D eigenvalue weighted by Gasteiger charge is 2.15. The number of carboxylic acid groups (broad SMARTS) is 1. The predicted molar refractivity (Wildman–Crippen MR) is 92.2 cm³/mol. The van der Waals surface area contributed by atoms with Gasteiger partial charge in [-0.15, -0.1) is 0 Å². The molecule has 0 amide bonds. The Morgan fingerprint density at radius 3 is 1.89 bits per heavy atom. The van der Waals surface area contributed by atoms with Crippen LogP contribution in [0.5, 0.6) is 23.0 Å². The Morgan fingerprint density at radius 1 is 0.926 bits per heavy atom. The van der Waals surface area contributed by atoms with E-state index in [0.29, 0.717) is 22.6 Å². The molecule has 2 aliphatic heterocycles. The summed E-state index contributed by atoms with van der Waals surface area (Å²) in [7, 11) is 1.31. The van der Waals surface area contributed by atoms with Gasteiger partial charge in [0.2, 0.25) is 13.5 Å². The van der Waals surface area contributed by atoms with Crippen LogP contribution in [0.15, 0.2) is 36.4 Å². The zero-order chi connectivity index (χ0) is 22.8. The van der Waals surface area contributed by atoms with Gasteiger partial charge in [-0.3, -0.25) is 9.59 Å². The van der Waals surface area contributed by atoms with Gasteiger partial charge in [0.25, 0.3) is 0 Å². The SMILES string of the molecule is [2H]C1([2H])Oc2ccc(CC(=O)O)cc2O1.[2H]C1([2H])Oc2ccc(CC(=O)OC)cc2O1. The fraction of sp³-hybridized carbons (Fsp3) is 0.263. The minimum Gasteiger partial charge on any atom is -0.481 e. The van der Waals surface area contributed by atoms with Crippen molar-refractivity contribution in [3.63, 3.8) is 0 Å². The number of carbonyl (C=O) groups excluding carboxylic acids is 1. The normalized spacial score (nSPS) is 18.7. The average Bonchev–Trinajstić information content (AvgIpc) is 3.13. The third-order valence-corrected chi connectivity index (χ3v) is 3.55. The molecule has 2 aromatic carbocycles. The maximum absolute atomic E-state index is 11.0. The van der Waals surface area contributed by atoms with Gasteiger partial charge < -0.3 is 28.8 Å². The van der Waals surface area contributed by atoms with E-state index in [1.165, 1.54) is 19.2 Å². The minimum atomic E-state index is -2.16. The molecule has 4 rings (SSSR count). The lowest BCUT2D eigenvalue weighted by Crippen LogP contribution is -2.04. The number of hydrogen-bond donors (Lipinski definition) is 1. The molecule has 0 aliphatic carbocycles. The van der Waals surface area contributed by atoms with E-state index in [1.54, 1.807) is 24.3 Å². The Balaban J connectivity index is 0.000000176. The van der Waals surface area contributed by atoms with Crippen LogP contribution in [0, 0.1) is 0 Å². The molecule has 2 heterocycles. The summed E-state index contributed by atoms with van der Waals surface area (Å²) in [6.45, 7) is -4.30. The molecule has 1 N–H and O–H groups in total. The van der Waals surface area contributed by atoms with E-state index < -0.39 is 19.5 Å². The second-order valence-corrected chi connectivity index (χ2v) is 5.46. The van der Waals surface area contributed by atoms with Gasteiger partial charge in [-0.1, -0.05) is 12.1 Å². The predicted octanol–water partition coefficient (Wildman–Crippen LogP) is 2.17. The molecular formula is C19H18O8. The second-order valence-electron chi connectivity index (χ2n) is 5.46. The first-order valence-electron chi connectivity index (χ1n) is 9.77. The molecule has 0 saturated carbocycles. The van der Waals surface area contributed by atoms with E-state index in [1.807, 2.05) is 0 Å². The summed E-state index contributed by atoms with van der Waals surface area (Å²) in [6, 6.07) is 9.33. The first-order valence-corrected chi connectivity index (χ1v) is 7.77. The van der Waals surface area contributed by atoms with Gasteiger partial charge in [-0.05, 0) is 35.4 Å². The Labute approximate surface area is 160 Å². The maximum atomic E-state index is 11.0. The average molecular weight is 378 g/mol. The first kappa shape index (κ1) is 13.7. The second kappa shape index (κ2) is 8.31. The standard InChI is InChI=1S/C10H10O4.C9H8O4/c1-12-10(11)5-7-2-3-8-9(4-7)14-6-13-8;10-9(11)4-6-1-2-7-8(3-6)13-5-12-7/h2-4H,5-6H2,1H3;1-3H,4-5H2,(H,10,11)/i6D2;5D2. The number of rotatable bonds is 4. The van der Waals surface area contributed by atoms with Gasteiger partial charge in [-0.2, -0.15) is 0 Å². The number of hydrogen-bond acceptors (Lipinski definition) is 7.